The summed E-state index contributed by atoms with van der Waals surface area (Å²) in [4.78, 5) is 12.4. The topological polar surface area (TPSA) is 55.1 Å². The van der Waals surface area contributed by atoms with Crippen LogP contribution < -0.4 is 11.1 Å². The molecule has 0 spiro atoms. The average Bonchev–Trinajstić information content (AvgIpc) is 2.38. The van der Waals surface area contributed by atoms with Crippen molar-refractivity contribution in [3.05, 3.63) is 63.6 Å². The van der Waals surface area contributed by atoms with Gasteiger partial charge in [-0.3, -0.25) is 4.79 Å². The van der Waals surface area contributed by atoms with Gasteiger partial charge in [-0.05, 0) is 55.3 Å². The molecule has 0 unspecified atom stereocenters. The lowest BCUT2D eigenvalue weighted by Crippen LogP contribution is -2.16. The molecule has 3 nitrogen and oxygen atoms in total. The molecule has 0 atom stereocenters. The molecule has 0 aromatic heterocycles. The number of carbonyl (C=O) groups is 1. The molecule has 20 heavy (non-hydrogen) atoms. The smallest absolute Gasteiger partial charge is 0.255 e. The maximum absolute atomic E-state index is 12.4. The molecule has 0 radical (unpaired) electrons. The summed E-state index contributed by atoms with van der Waals surface area (Å²) in [7, 11) is 0. The van der Waals surface area contributed by atoms with Gasteiger partial charge in [0, 0.05) is 15.7 Å². The number of amides is 1. The summed E-state index contributed by atoms with van der Waals surface area (Å²) < 4.78 is 0.947. The molecular formula is C16H17BrN2O. The van der Waals surface area contributed by atoms with Gasteiger partial charge >= 0.3 is 0 Å². The second-order valence-electron chi connectivity index (χ2n) is 4.67. The van der Waals surface area contributed by atoms with Gasteiger partial charge in [-0.2, -0.15) is 0 Å². The van der Waals surface area contributed by atoms with Crippen LogP contribution in [0.1, 0.15) is 21.5 Å². The van der Waals surface area contributed by atoms with E-state index in [0.29, 0.717) is 18.5 Å². The van der Waals surface area contributed by atoms with Gasteiger partial charge < -0.3 is 11.1 Å². The molecule has 2 aromatic rings. The van der Waals surface area contributed by atoms with Gasteiger partial charge in [0.05, 0.1) is 0 Å². The Morgan fingerprint density at radius 3 is 2.70 bits per heavy atom. The molecule has 0 saturated carbocycles. The number of hydrogen-bond donors (Lipinski definition) is 2. The molecule has 0 bridgehead atoms. The highest BCUT2D eigenvalue weighted by molar-refractivity contribution is 9.10. The van der Waals surface area contributed by atoms with Crippen molar-refractivity contribution in [2.75, 3.05) is 11.9 Å². The third kappa shape index (κ3) is 3.68. The minimum atomic E-state index is -0.105. The zero-order valence-corrected chi connectivity index (χ0v) is 12.9. The first-order valence-electron chi connectivity index (χ1n) is 6.46. The molecule has 0 aliphatic heterocycles. The molecule has 3 N–H and O–H groups in total. The fourth-order valence-corrected chi connectivity index (χ4v) is 2.73. The minimum Gasteiger partial charge on any atom is -0.330 e. The lowest BCUT2D eigenvalue weighted by molar-refractivity contribution is 0.102. The van der Waals surface area contributed by atoms with Crippen LogP contribution in [-0.2, 0) is 6.42 Å². The predicted molar refractivity (Wildman–Crippen MR) is 86.0 cm³/mol. The highest BCUT2D eigenvalue weighted by Crippen LogP contribution is 2.20. The Morgan fingerprint density at radius 1 is 1.25 bits per heavy atom. The Labute approximate surface area is 127 Å². The number of carbonyl (C=O) groups excluding carboxylic acids is 1. The van der Waals surface area contributed by atoms with E-state index in [9.17, 15) is 4.79 Å². The van der Waals surface area contributed by atoms with E-state index in [4.69, 9.17) is 5.73 Å². The SMILES string of the molecule is Cc1cc(Br)cc(NC(=O)c2ccccc2CCN)c1. The van der Waals surface area contributed by atoms with E-state index in [1.165, 1.54) is 0 Å². The minimum absolute atomic E-state index is 0.105. The largest absolute Gasteiger partial charge is 0.330 e. The summed E-state index contributed by atoms with van der Waals surface area (Å²) in [5, 5.41) is 2.93. The van der Waals surface area contributed by atoms with Crippen molar-refractivity contribution in [2.24, 2.45) is 5.73 Å². The Balaban J connectivity index is 2.23. The Morgan fingerprint density at radius 2 is 2.00 bits per heavy atom. The number of nitrogens with two attached hydrogens (primary N) is 1. The van der Waals surface area contributed by atoms with Crippen LogP contribution in [0.25, 0.3) is 0 Å². The highest BCUT2D eigenvalue weighted by Gasteiger charge is 2.11. The molecule has 0 aliphatic rings. The molecule has 0 heterocycles. The summed E-state index contributed by atoms with van der Waals surface area (Å²) >= 11 is 3.43. The van der Waals surface area contributed by atoms with E-state index >= 15 is 0 Å². The van der Waals surface area contributed by atoms with Crippen molar-refractivity contribution in [3.63, 3.8) is 0 Å². The first-order chi connectivity index (χ1) is 9.60. The normalized spacial score (nSPS) is 10.3. The van der Waals surface area contributed by atoms with Crippen molar-refractivity contribution in [1.82, 2.24) is 0 Å². The van der Waals surface area contributed by atoms with Crippen molar-refractivity contribution < 1.29 is 4.79 Å². The molecule has 104 valence electrons. The third-order valence-electron chi connectivity index (χ3n) is 2.98. The second-order valence-corrected chi connectivity index (χ2v) is 5.58. The van der Waals surface area contributed by atoms with Crippen LogP contribution in [0, 0.1) is 6.92 Å². The van der Waals surface area contributed by atoms with Gasteiger partial charge in [-0.1, -0.05) is 34.1 Å². The molecule has 4 heteroatoms. The first-order valence-corrected chi connectivity index (χ1v) is 7.26. The van der Waals surface area contributed by atoms with Gasteiger partial charge in [-0.25, -0.2) is 0 Å². The van der Waals surface area contributed by atoms with E-state index in [2.05, 4.69) is 21.2 Å². The lowest BCUT2D eigenvalue weighted by atomic mass is 10.0. The highest BCUT2D eigenvalue weighted by atomic mass is 79.9. The van der Waals surface area contributed by atoms with E-state index < -0.39 is 0 Å². The van der Waals surface area contributed by atoms with Gasteiger partial charge in [0.2, 0.25) is 0 Å². The fourth-order valence-electron chi connectivity index (χ4n) is 2.12. The Bertz CT molecular complexity index is 605. The first kappa shape index (κ1) is 14.8. The molecule has 0 aliphatic carbocycles. The molecule has 0 saturated heterocycles. The number of benzene rings is 2. The quantitative estimate of drug-likeness (QED) is 0.900. The number of aryl methyl sites for hydroxylation is 1. The van der Waals surface area contributed by atoms with E-state index in [-0.39, 0.29) is 5.91 Å². The van der Waals surface area contributed by atoms with Gasteiger partial charge in [-0.15, -0.1) is 0 Å². The van der Waals surface area contributed by atoms with Crippen molar-refractivity contribution in [1.29, 1.82) is 0 Å². The second kappa shape index (κ2) is 6.68. The Hall–Kier alpha value is -1.65. The van der Waals surface area contributed by atoms with Crippen LogP contribution in [0.15, 0.2) is 46.9 Å². The van der Waals surface area contributed by atoms with E-state index in [1.807, 2.05) is 49.4 Å². The standard InChI is InChI=1S/C16H17BrN2O/c1-11-8-13(17)10-14(9-11)19-16(20)15-5-3-2-4-12(15)6-7-18/h2-5,8-10H,6-7,18H2,1H3,(H,19,20). The maximum Gasteiger partial charge on any atom is 0.255 e. The average molecular weight is 333 g/mol. The number of anilines is 1. The Kier molecular flexibility index (Phi) is 4.93. The van der Waals surface area contributed by atoms with Crippen LogP contribution >= 0.6 is 15.9 Å². The van der Waals surface area contributed by atoms with Crippen molar-refractivity contribution >= 4 is 27.5 Å². The lowest BCUT2D eigenvalue weighted by Gasteiger charge is -2.10. The number of halogens is 1. The summed E-state index contributed by atoms with van der Waals surface area (Å²) in [6.07, 6.45) is 0.696. The summed E-state index contributed by atoms with van der Waals surface area (Å²) in [6, 6.07) is 13.4. The molecule has 2 aromatic carbocycles. The summed E-state index contributed by atoms with van der Waals surface area (Å²) in [5.74, 6) is -0.105. The molecule has 2 rings (SSSR count). The molecular weight excluding hydrogens is 316 g/mol. The zero-order valence-electron chi connectivity index (χ0n) is 11.3. The zero-order chi connectivity index (χ0) is 14.5. The number of nitrogens with one attached hydrogen (secondary N) is 1. The van der Waals surface area contributed by atoms with Crippen molar-refractivity contribution in [2.45, 2.75) is 13.3 Å². The summed E-state index contributed by atoms with van der Waals surface area (Å²) in [5.41, 5.74) is 9.10. The van der Waals surface area contributed by atoms with Gasteiger partial charge in [0.1, 0.15) is 0 Å². The molecule has 0 fully saturated rings. The van der Waals surface area contributed by atoms with Crippen LogP contribution in [0.5, 0.6) is 0 Å². The van der Waals surface area contributed by atoms with E-state index in [1.54, 1.807) is 0 Å². The van der Waals surface area contributed by atoms with Crippen LogP contribution in [0.2, 0.25) is 0 Å². The van der Waals surface area contributed by atoms with Crippen LogP contribution in [0.3, 0.4) is 0 Å². The van der Waals surface area contributed by atoms with Gasteiger partial charge in [0.15, 0.2) is 0 Å². The van der Waals surface area contributed by atoms with Crippen LogP contribution in [-0.4, -0.2) is 12.5 Å². The molecule has 1 amide bonds. The van der Waals surface area contributed by atoms with Gasteiger partial charge in [0.25, 0.3) is 5.91 Å². The fraction of sp³-hybridized carbons (Fsp3) is 0.188. The third-order valence-corrected chi connectivity index (χ3v) is 3.43. The van der Waals surface area contributed by atoms with Crippen molar-refractivity contribution in [3.8, 4) is 0 Å². The summed E-state index contributed by atoms with van der Waals surface area (Å²) in [6.45, 7) is 2.52. The monoisotopic (exact) mass is 332 g/mol. The number of rotatable bonds is 4. The van der Waals surface area contributed by atoms with Crippen LogP contribution in [0.4, 0.5) is 5.69 Å². The number of hydrogen-bond acceptors (Lipinski definition) is 2. The predicted octanol–water partition coefficient (Wildman–Crippen LogP) is 3.51. The van der Waals surface area contributed by atoms with E-state index in [0.717, 1.165) is 21.3 Å². The maximum atomic E-state index is 12.4.